The number of carbonyl (C=O) groups excluding carboxylic acids is 1. The molecular weight excluding hydrogens is 308 g/mol. The van der Waals surface area contributed by atoms with Gasteiger partial charge in [-0.3, -0.25) is 4.40 Å². The molecule has 1 aromatic carbocycles. The molecule has 2 heterocycles. The lowest BCUT2D eigenvalue weighted by Crippen LogP contribution is -2.05. The molecule has 0 aliphatic rings. The first-order valence-corrected chi connectivity index (χ1v) is 7.43. The highest BCUT2D eigenvalue weighted by Gasteiger charge is 2.20. The molecule has 0 saturated heterocycles. The van der Waals surface area contributed by atoms with E-state index in [2.05, 4.69) is 15.2 Å². The molecule has 0 unspecified atom stereocenters. The second-order valence-corrected chi connectivity index (χ2v) is 4.83. The minimum absolute atomic E-state index is 0.139. The fourth-order valence-electron chi connectivity index (χ4n) is 2.17. The predicted molar refractivity (Wildman–Crippen MR) is 88.3 cm³/mol. The standard InChI is InChI=1S/C17H16N4O3/c1-3-24-17(22)15-16(21-11-5-4-6-14(21)18-15)20-19-12-7-9-13(23-2)10-8-12/h4-11H,3H2,1-2H3. The molecule has 2 aromatic heterocycles. The van der Waals surface area contributed by atoms with E-state index in [1.807, 2.05) is 12.1 Å². The van der Waals surface area contributed by atoms with Crippen LogP contribution in [0.3, 0.4) is 0 Å². The van der Waals surface area contributed by atoms with Crippen LogP contribution in [0.2, 0.25) is 0 Å². The van der Waals surface area contributed by atoms with Gasteiger partial charge in [0, 0.05) is 6.20 Å². The third-order valence-corrected chi connectivity index (χ3v) is 3.31. The van der Waals surface area contributed by atoms with Crippen LogP contribution in [0.5, 0.6) is 5.75 Å². The van der Waals surface area contributed by atoms with Crippen molar-refractivity contribution in [3.8, 4) is 5.75 Å². The van der Waals surface area contributed by atoms with Crippen LogP contribution in [0.4, 0.5) is 11.5 Å². The smallest absolute Gasteiger partial charge is 0.360 e. The molecule has 0 spiro atoms. The number of nitrogens with zero attached hydrogens (tertiary/aromatic N) is 4. The van der Waals surface area contributed by atoms with Gasteiger partial charge in [0.2, 0.25) is 0 Å². The Balaban J connectivity index is 2.01. The van der Waals surface area contributed by atoms with Gasteiger partial charge in [-0.2, -0.15) is 0 Å². The van der Waals surface area contributed by atoms with Crippen LogP contribution >= 0.6 is 0 Å². The van der Waals surface area contributed by atoms with Crippen molar-refractivity contribution >= 4 is 23.1 Å². The third-order valence-electron chi connectivity index (χ3n) is 3.31. The molecule has 0 N–H and O–H groups in total. The lowest BCUT2D eigenvalue weighted by atomic mass is 10.3. The molecule has 0 bridgehead atoms. The molecule has 3 rings (SSSR count). The van der Waals surface area contributed by atoms with Crippen molar-refractivity contribution in [2.75, 3.05) is 13.7 Å². The number of imidazole rings is 1. The zero-order valence-electron chi connectivity index (χ0n) is 13.3. The number of hydrogen-bond donors (Lipinski definition) is 0. The van der Waals surface area contributed by atoms with E-state index in [0.29, 0.717) is 17.2 Å². The van der Waals surface area contributed by atoms with Crippen molar-refractivity contribution in [1.29, 1.82) is 0 Å². The summed E-state index contributed by atoms with van der Waals surface area (Å²) in [6.07, 6.45) is 1.77. The minimum atomic E-state index is -0.523. The maximum Gasteiger partial charge on any atom is 0.360 e. The molecule has 0 aliphatic heterocycles. The van der Waals surface area contributed by atoms with Crippen LogP contribution in [0.15, 0.2) is 58.9 Å². The Morgan fingerprint density at radius 2 is 1.96 bits per heavy atom. The lowest BCUT2D eigenvalue weighted by molar-refractivity contribution is 0.0521. The van der Waals surface area contributed by atoms with Crippen molar-refractivity contribution in [3.05, 3.63) is 54.4 Å². The highest BCUT2D eigenvalue weighted by Crippen LogP contribution is 2.25. The average Bonchev–Trinajstić information content (AvgIpc) is 2.99. The molecule has 0 saturated carbocycles. The van der Waals surface area contributed by atoms with Crippen LogP contribution in [-0.4, -0.2) is 29.1 Å². The van der Waals surface area contributed by atoms with Crippen LogP contribution in [0.1, 0.15) is 17.4 Å². The number of esters is 1. The van der Waals surface area contributed by atoms with Gasteiger partial charge in [-0.05, 0) is 43.3 Å². The van der Waals surface area contributed by atoms with Crippen LogP contribution in [0.25, 0.3) is 5.65 Å². The van der Waals surface area contributed by atoms with Gasteiger partial charge in [-0.1, -0.05) is 6.07 Å². The number of ether oxygens (including phenoxy) is 2. The summed E-state index contributed by atoms with van der Waals surface area (Å²) < 4.78 is 11.8. The van der Waals surface area contributed by atoms with Gasteiger partial charge in [0.25, 0.3) is 0 Å². The molecule has 122 valence electrons. The summed E-state index contributed by atoms with van der Waals surface area (Å²) >= 11 is 0. The van der Waals surface area contributed by atoms with Gasteiger partial charge >= 0.3 is 5.97 Å². The number of carbonyl (C=O) groups is 1. The van der Waals surface area contributed by atoms with E-state index in [1.54, 1.807) is 55.0 Å². The number of benzene rings is 1. The summed E-state index contributed by atoms with van der Waals surface area (Å²) in [4.78, 5) is 16.4. The molecule has 0 aliphatic carbocycles. The summed E-state index contributed by atoms with van der Waals surface area (Å²) in [5.74, 6) is 0.542. The van der Waals surface area contributed by atoms with E-state index in [-0.39, 0.29) is 12.3 Å². The van der Waals surface area contributed by atoms with E-state index in [0.717, 1.165) is 5.75 Å². The quantitative estimate of drug-likeness (QED) is 0.526. The van der Waals surface area contributed by atoms with E-state index in [4.69, 9.17) is 9.47 Å². The number of fused-ring (bicyclic) bond motifs is 1. The Morgan fingerprint density at radius 3 is 2.67 bits per heavy atom. The lowest BCUT2D eigenvalue weighted by Gasteiger charge is -2.00. The fourth-order valence-corrected chi connectivity index (χ4v) is 2.17. The Kier molecular flexibility index (Phi) is 4.51. The van der Waals surface area contributed by atoms with E-state index in [9.17, 15) is 4.79 Å². The average molecular weight is 324 g/mol. The van der Waals surface area contributed by atoms with Crippen molar-refractivity contribution in [1.82, 2.24) is 9.38 Å². The molecule has 7 heteroatoms. The summed E-state index contributed by atoms with van der Waals surface area (Å²) in [6, 6.07) is 12.6. The van der Waals surface area contributed by atoms with E-state index >= 15 is 0 Å². The van der Waals surface area contributed by atoms with Crippen molar-refractivity contribution in [2.45, 2.75) is 6.92 Å². The van der Waals surface area contributed by atoms with Gasteiger partial charge in [0.15, 0.2) is 11.5 Å². The van der Waals surface area contributed by atoms with Crippen molar-refractivity contribution in [3.63, 3.8) is 0 Å². The van der Waals surface area contributed by atoms with Gasteiger partial charge in [0.1, 0.15) is 11.4 Å². The summed E-state index contributed by atoms with van der Waals surface area (Å²) in [7, 11) is 1.60. The minimum Gasteiger partial charge on any atom is -0.497 e. The summed E-state index contributed by atoms with van der Waals surface area (Å²) in [5.41, 5.74) is 1.38. The molecule has 0 atom stereocenters. The molecule has 0 fully saturated rings. The molecule has 0 radical (unpaired) electrons. The SMILES string of the molecule is CCOC(=O)c1nc2ccccn2c1N=Nc1ccc(OC)cc1. The Morgan fingerprint density at radius 1 is 1.17 bits per heavy atom. The highest BCUT2D eigenvalue weighted by atomic mass is 16.5. The first-order chi connectivity index (χ1) is 11.7. The van der Waals surface area contributed by atoms with E-state index < -0.39 is 5.97 Å². The molecular formula is C17H16N4O3. The maximum absolute atomic E-state index is 12.1. The highest BCUT2D eigenvalue weighted by molar-refractivity contribution is 5.93. The first kappa shape index (κ1) is 15.7. The van der Waals surface area contributed by atoms with Crippen molar-refractivity contribution in [2.24, 2.45) is 10.2 Å². The second-order valence-electron chi connectivity index (χ2n) is 4.83. The van der Waals surface area contributed by atoms with Crippen LogP contribution in [-0.2, 0) is 4.74 Å². The summed E-state index contributed by atoms with van der Waals surface area (Å²) in [6.45, 7) is 2.01. The number of methoxy groups -OCH3 is 1. The zero-order chi connectivity index (χ0) is 16.9. The number of aromatic nitrogens is 2. The fraction of sp³-hybridized carbons (Fsp3) is 0.176. The zero-order valence-corrected chi connectivity index (χ0v) is 13.3. The van der Waals surface area contributed by atoms with Gasteiger partial charge in [-0.25, -0.2) is 9.78 Å². The number of azo groups is 1. The largest absolute Gasteiger partial charge is 0.497 e. The molecule has 0 amide bonds. The normalized spacial score (nSPS) is 11.1. The van der Waals surface area contributed by atoms with Gasteiger partial charge in [0.05, 0.1) is 19.4 Å². The Hall–Kier alpha value is -3.22. The number of pyridine rings is 1. The predicted octanol–water partition coefficient (Wildman–Crippen LogP) is 3.94. The number of rotatable bonds is 5. The van der Waals surface area contributed by atoms with Gasteiger partial charge < -0.3 is 9.47 Å². The second kappa shape index (κ2) is 6.91. The summed E-state index contributed by atoms with van der Waals surface area (Å²) in [5, 5.41) is 8.39. The monoisotopic (exact) mass is 324 g/mol. The Labute approximate surface area is 138 Å². The number of hydrogen-bond acceptors (Lipinski definition) is 6. The maximum atomic E-state index is 12.1. The molecule has 7 nitrogen and oxygen atoms in total. The van der Waals surface area contributed by atoms with Crippen LogP contribution in [0, 0.1) is 0 Å². The first-order valence-electron chi connectivity index (χ1n) is 7.43. The van der Waals surface area contributed by atoms with Gasteiger partial charge in [-0.15, -0.1) is 10.2 Å². The van der Waals surface area contributed by atoms with E-state index in [1.165, 1.54) is 0 Å². The third kappa shape index (κ3) is 3.10. The van der Waals surface area contributed by atoms with Crippen molar-refractivity contribution < 1.29 is 14.3 Å². The molecule has 3 aromatic rings. The van der Waals surface area contributed by atoms with Crippen LogP contribution < -0.4 is 4.74 Å². The topological polar surface area (TPSA) is 77.5 Å². The molecule has 24 heavy (non-hydrogen) atoms. The Bertz CT molecular complexity index is 884.